The van der Waals surface area contributed by atoms with E-state index in [1.165, 1.54) is 16.3 Å². The second-order valence-corrected chi connectivity index (χ2v) is 13.7. The van der Waals surface area contributed by atoms with Crippen LogP contribution < -0.4 is 4.90 Å². The number of anilines is 3. The number of nitrogens with zero attached hydrogens (tertiary/aromatic N) is 5. The Bertz CT molecular complexity index is 3090. The number of hydrogen-bond acceptors (Lipinski definition) is 3. The molecule has 0 fully saturated rings. The molecule has 10 aromatic rings. The Kier molecular flexibility index (Phi) is 7.51. The van der Waals surface area contributed by atoms with Gasteiger partial charge in [0, 0.05) is 50.0 Å². The molecule has 256 valence electrons. The minimum atomic E-state index is 0.444. The summed E-state index contributed by atoms with van der Waals surface area (Å²) in [6.45, 7) is 0. The number of para-hydroxylation sites is 4. The van der Waals surface area contributed by atoms with Crippen molar-refractivity contribution < 1.29 is 0 Å². The van der Waals surface area contributed by atoms with E-state index in [0.717, 1.165) is 66.9 Å². The quantitative estimate of drug-likeness (QED) is 0.173. The maximum absolute atomic E-state index is 9.91. The molecule has 0 aliphatic heterocycles. The van der Waals surface area contributed by atoms with Crippen LogP contribution in [0.5, 0.6) is 0 Å². The minimum absolute atomic E-state index is 0.444. The van der Waals surface area contributed by atoms with Crippen LogP contribution in [0, 0.1) is 22.7 Å². The van der Waals surface area contributed by atoms with E-state index in [1.54, 1.807) is 6.07 Å². The molecule has 0 amide bonds. The Balaban J connectivity index is 1.22. The fourth-order valence-electron chi connectivity index (χ4n) is 8.09. The van der Waals surface area contributed by atoms with Gasteiger partial charge in [-0.15, -0.1) is 0 Å². The van der Waals surface area contributed by atoms with E-state index in [9.17, 15) is 10.5 Å². The summed E-state index contributed by atoms with van der Waals surface area (Å²) in [5.74, 6) is 0. The van der Waals surface area contributed by atoms with Gasteiger partial charge in [-0.05, 0) is 114 Å². The molecule has 0 bridgehead atoms. The first-order valence-corrected chi connectivity index (χ1v) is 18.2. The summed E-state index contributed by atoms with van der Waals surface area (Å²) in [4.78, 5) is 2.27. The van der Waals surface area contributed by atoms with Crippen LogP contribution in [0.3, 0.4) is 0 Å². The molecule has 8 aromatic carbocycles. The molecule has 0 saturated heterocycles. The van der Waals surface area contributed by atoms with Gasteiger partial charge in [0.25, 0.3) is 0 Å². The third-order valence-corrected chi connectivity index (χ3v) is 10.5. The minimum Gasteiger partial charge on any atom is -0.310 e. The topological polar surface area (TPSA) is 60.7 Å². The Morgan fingerprint density at radius 2 is 0.800 bits per heavy atom. The highest BCUT2D eigenvalue weighted by Gasteiger charge is 2.19. The molecule has 10 rings (SSSR count). The number of benzene rings is 8. The average molecular weight is 702 g/mol. The van der Waals surface area contributed by atoms with Gasteiger partial charge in [0.2, 0.25) is 0 Å². The van der Waals surface area contributed by atoms with Crippen LogP contribution in [0.1, 0.15) is 11.1 Å². The SMILES string of the molecule is N#Cc1cc(C#N)cc(-n2c3ccc(-c4ccc5c(c4)c4ccccc4n5-c4ccccc4)cc3c3cc(N(c4ccccc4)c4ccccc4)ccc32)c1. The van der Waals surface area contributed by atoms with Crippen molar-refractivity contribution in [2.45, 2.75) is 0 Å². The third-order valence-electron chi connectivity index (χ3n) is 10.5. The summed E-state index contributed by atoms with van der Waals surface area (Å²) < 4.78 is 4.51. The second-order valence-electron chi connectivity index (χ2n) is 13.7. The summed E-state index contributed by atoms with van der Waals surface area (Å²) in [7, 11) is 0. The number of fused-ring (bicyclic) bond motifs is 6. The number of hydrogen-bond donors (Lipinski definition) is 0. The van der Waals surface area contributed by atoms with E-state index >= 15 is 0 Å². The fourth-order valence-corrected chi connectivity index (χ4v) is 8.09. The maximum atomic E-state index is 9.91. The van der Waals surface area contributed by atoms with Crippen LogP contribution in [0.25, 0.3) is 66.1 Å². The highest BCUT2D eigenvalue weighted by atomic mass is 15.1. The van der Waals surface area contributed by atoms with Crippen molar-refractivity contribution >= 4 is 60.7 Å². The zero-order valence-electron chi connectivity index (χ0n) is 29.6. The molecule has 0 aliphatic rings. The normalized spacial score (nSPS) is 11.2. The monoisotopic (exact) mass is 701 g/mol. The molecule has 0 saturated carbocycles. The van der Waals surface area contributed by atoms with Gasteiger partial charge in [-0.25, -0.2) is 0 Å². The van der Waals surface area contributed by atoms with Crippen molar-refractivity contribution in [2.75, 3.05) is 4.90 Å². The summed E-state index contributed by atoms with van der Waals surface area (Å²) in [5.41, 5.74) is 12.4. The van der Waals surface area contributed by atoms with Crippen molar-refractivity contribution in [3.8, 4) is 34.6 Å². The molecule has 55 heavy (non-hydrogen) atoms. The lowest BCUT2D eigenvalue weighted by atomic mass is 10.0. The van der Waals surface area contributed by atoms with E-state index in [0.29, 0.717) is 11.1 Å². The lowest BCUT2D eigenvalue weighted by Gasteiger charge is -2.25. The van der Waals surface area contributed by atoms with Crippen molar-refractivity contribution in [3.05, 3.63) is 199 Å². The van der Waals surface area contributed by atoms with E-state index in [4.69, 9.17) is 0 Å². The van der Waals surface area contributed by atoms with Gasteiger partial charge in [0.05, 0.1) is 45.3 Å². The molecular weight excluding hydrogens is 671 g/mol. The summed E-state index contributed by atoms with van der Waals surface area (Å²) in [6.07, 6.45) is 0. The molecule has 0 atom stereocenters. The zero-order valence-corrected chi connectivity index (χ0v) is 29.6. The number of nitriles is 2. The first-order chi connectivity index (χ1) is 27.2. The predicted molar refractivity (Wildman–Crippen MR) is 225 cm³/mol. The molecule has 0 aliphatic carbocycles. The smallest absolute Gasteiger partial charge is 0.0992 e. The Morgan fingerprint density at radius 3 is 1.38 bits per heavy atom. The lowest BCUT2D eigenvalue weighted by Crippen LogP contribution is -2.09. The van der Waals surface area contributed by atoms with Crippen LogP contribution in [0.15, 0.2) is 188 Å². The van der Waals surface area contributed by atoms with Gasteiger partial charge in [-0.1, -0.05) is 84.9 Å². The first kappa shape index (κ1) is 31.8. The van der Waals surface area contributed by atoms with E-state index in [-0.39, 0.29) is 0 Å². The van der Waals surface area contributed by atoms with Gasteiger partial charge in [0.1, 0.15) is 0 Å². The summed E-state index contributed by atoms with van der Waals surface area (Å²) in [6, 6.07) is 69.7. The lowest BCUT2D eigenvalue weighted by molar-refractivity contribution is 1.17. The van der Waals surface area contributed by atoms with Crippen molar-refractivity contribution in [2.24, 2.45) is 0 Å². The average Bonchev–Trinajstić information content (AvgIpc) is 3.76. The molecule has 0 spiro atoms. The predicted octanol–water partition coefficient (Wildman–Crippen LogP) is 12.8. The van der Waals surface area contributed by atoms with Crippen molar-refractivity contribution in [1.82, 2.24) is 9.13 Å². The molecule has 0 radical (unpaired) electrons. The second kappa shape index (κ2) is 13.0. The summed E-state index contributed by atoms with van der Waals surface area (Å²) >= 11 is 0. The van der Waals surface area contributed by atoms with Crippen LogP contribution in [0.2, 0.25) is 0 Å². The number of rotatable bonds is 6. The van der Waals surface area contributed by atoms with Gasteiger partial charge >= 0.3 is 0 Å². The Labute approximate surface area is 318 Å². The molecule has 5 nitrogen and oxygen atoms in total. The van der Waals surface area contributed by atoms with Gasteiger partial charge < -0.3 is 14.0 Å². The van der Waals surface area contributed by atoms with Crippen LogP contribution >= 0.6 is 0 Å². The highest BCUT2D eigenvalue weighted by molar-refractivity contribution is 6.13. The van der Waals surface area contributed by atoms with Crippen molar-refractivity contribution in [3.63, 3.8) is 0 Å². The first-order valence-electron chi connectivity index (χ1n) is 18.2. The van der Waals surface area contributed by atoms with E-state index in [1.807, 2.05) is 24.3 Å². The van der Waals surface area contributed by atoms with Crippen LogP contribution in [0.4, 0.5) is 17.1 Å². The van der Waals surface area contributed by atoms with E-state index < -0.39 is 0 Å². The molecular formula is C50H31N5. The largest absolute Gasteiger partial charge is 0.310 e. The summed E-state index contributed by atoms with van der Waals surface area (Å²) in [5, 5.41) is 24.4. The molecule has 0 unspecified atom stereocenters. The molecule has 2 aromatic heterocycles. The fraction of sp³-hybridized carbons (Fsp3) is 0. The van der Waals surface area contributed by atoms with Crippen molar-refractivity contribution in [1.29, 1.82) is 10.5 Å². The zero-order chi connectivity index (χ0) is 36.9. The van der Waals surface area contributed by atoms with Gasteiger partial charge in [-0.2, -0.15) is 10.5 Å². The third kappa shape index (κ3) is 5.31. The molecule has 5 heteroatoms. The highest BCUT2D eigenvalue weighted by Crippen LogP contribution is 2.42. The van der Waals surface area contributed by atoms with Crippen LogP contribution in [-0.4, -0.2) is 9.13 Å². The number of aromatic nitrogens is 2. The molecule has 2 heterocycles. The van der Waals surface area contributed by atoms with Gasteiger partial charge in [-0.3, -0.25) is 0 Å². The Hall–Kier alpha value is -7.86. The Morgan fingerprint density at radius 1 is 0.345 bits per heavy atom. The molecule has 0 N–H and O–H groups in total. The standard InChI is InChI=1S/C50H31N5/c51-32-34-26-35(33-52)28-42(27-34)55-49-24-21-37(36-20-23-48-44(29-36)43-18-10-11-19-47(43)54(48)40-16-8-3-9-17-40)30-45(49)46-31-41(22-25-50(46)55)53(38-12-4-1-5-13-38)39-14-6-2-7-15-39/h1-31H. The maximum Gasteiger partial charge on any atom is 0.0992 e. The van der Waals surface area contributed by atoms with Crippen LogP contribution in [-0.2, 0) is 0 Å². The van der Waals surface area contributed by atoms with E-state index in [2.05, 4.69) is 184 Å². The van der Waals surface area contributed by atoms with Gasteiger partial charge in [0.15, 0.2) is 0 Å².